The zero-order chi connectivity index (χ0) is 17.1. The third kappa shape index (κ3) is 3.12. The van der Waals surface area contributed by atoms with Crippen LogP contribution in [0.4, 0.5) is 4.39 Å². The average Bonchev–Trinajstić information content (AvgIpc) is 2.58. The van der Waals surface area contributed by atoms with Crippen molar-refractivity contribution in [2.45, 2.75) is 6.54 Å². The number of fused-ring (bicyclic) bond motifs is 1. The molecule has 0 radical (unpaired) electrons. The third-order valence-electron chi connectivity index (χ3n) is 3.63. The van der Waals surface area contributed by atoms with E-state index in [1.165, 1.54) is 30.5 Å². The van der Waals surface area contributed by atoms with Crippen LogP contribution in [-0.2, 0) is 6.54 Å². The third-order valence-corrected chi connectivity index (χ3v) is 3.63. The van der Waals surface area contributed by atoms with Crippen LogP contribution in [0, 0.1) is 5.82 Å². The molecule has 3 rings (SSSR count). The van der Waals surface area contributed by atoms with E-state index in [2.05, 4.69) is 0 Å². The molecule has 0 atom stereocenters. The molecule has 0 aliphatic carbocycles. The number of hydrogen-bond acceptors (Lipinski definition) is 3. The summed E-state index contributed by atoms with van der Waals surface area (Å²) in [6, 6.07) is 12.4. The number of aromatic carboxylic acids is 1. The Labute approximate surface area is 136 Å². The molecular formula is C18H14FNO4. The second kappa shape index (κ2) is 6.54. The predicted molar refractivity (Wildman–Crippen MR) is 87.1 cm³/mol. The van der Waals surface area contributed by atoms with Gasteiger partial charge in [-0.05, 0) is 36.4 Å². The Kier molecular flexibility index (Phi) is 4.29. The first-order valence-electron chi connectivity index (χ1n) is 7.30. The highest BCUT2D eigenvalue weighted by atomic mass is 19.1. The zero-order valence-electron chi connectivity index (χ0n) is 12.6. The standard InChI is InChI=1S/C18H14FNO4/c19-12-5-7-13(8-6-12)24-10-9-20-11-15(18(22)23)17(21)14-3-1-2-4-16(14)20/h1-8,11H,9-10H2,(H,22,23). The Hall–Kier alpha value is -3.15. The number of halogens is 1. The van der Waals surface area contributed by atoms with Crippen molar-refractivity contribution in [3.8, 4) is 5.75 Å². The molecule has 1 heterocycles. The van der Waals surface area contributed by atoms with Gasteiger partial charge in [0.2, 0.25) is 5.43 Å². The summed E-state index contributed by atoms with van der Waals surface area (Å²) < 4.78 is 20.1. The summed E-state index contributed by atoms with van der Waals surface area (Å²) in [5.41, 5.74) is -0.153. The van der Waals surface area contributed by atoms with Crippen molar-refractivity contribution in [2.24, 2.45) is 0 Å². The predicted octanol–water partition coefficient (Wildman–Crippen LogP) is 2.92. The molecule has 0 aliphatic heterocycles. The van der Waals surface area contributed by atoms with E-state index in [4.69, 9.17) is 4.74 Å². The molecule has 0 saturated heterocycles. The Morgan fingerprint density at radius 3 is 2.54 bits per heavy atom. The number of hydrogen-bond donors (Lipinski definition) is 1. The van der Waals surface area contributed by atoms with Gasteiger partial charge in [0, 0.05) is 11.6 Å². The normalized spacial score (nSPS) is 10.7. The fourth-order valence-electron chi connectivity index (χ4n) is 2.48. The van der Waals surface area contributed by atoms with Gasteiger partial charge in [0.1, 0.15) is 23.7 Å². The maximum atomic E-state index is 12.9. The number of benzene rings is 2. The molecule has 2 aromatic carbocycles. The van der Waals surface area contributed by atoms with E-state index >= 15 is 0 Å². The largest absolute Gasteiger partial charge is 0.492 e. The maximum Gasteiger partial charge on any atom is 0.341 e. The van der Waals surface area contributed by atoms with E-state index in [9.17, 15) is 19.1 Å². The minimum Gasteiger partial charge on any atom is -0.492 e. The second-order valence-electron chi connectivity index (χ2n) is 5.19. The maximum absolute atomic E-state index is 12.9. The minimum atomic E-state index is -1.26. The highest BCUT2D eigenvalue weighted by molar-refractivity contribution is 5.92. The molecule has 0 amide bonds. The van der Waals surface area contributed by atoms with Crippen LogP contribution >= 0.6 is 0 Å². The number of carbonyl (C=O) groups is 1. The van der Waals surface area contributed by atoms with Crippen LogP contribution in [0.2, 0.25) is 0 Å². The molecule has 5 nitrogen and oxygen atoms in total. The summed E-state index contributed by atoms with van der Waals surface area (Å²) in [6.07, 6.45) is 1.32. The van der Waals surface area contributed by atoms with Gasteiger partial charge < -0.3 is 14.4 Å². The quantitative estimate of drug-likeness (QED) is 0.782. The van der Waals surface area contributed by atoms with Crippen LogP contribution in [-0.4, -0.2) is 22.2 Å². The van der Waals surface area contributed by atoms with E-state index in [1.54, 1.807) is 28.8 Å². The minimum absolute atomic E-state index is 0.248. The summed E-state index contributed by atoms with van der Waals surface area (Å²) in [4.78, 5) is 23.5. The lowest BCUT2D eigenvalue weighted by Crippen LogP contribution is -2.20. The number of rotatable bonds is 5. The number of nitrogens with zero attached hydrogens (tertiary/aromatic N) is 1. The molecule has 0 unspecified atom stereocenters. The van der Waals surface area contributed by atoms with Crippen molar-refractivity contribution < 1.29 is 19.0 Å². The first-order chi connectivity index (χ1) is 11.6. The highest BCUT2D eigenvalue weighted by Gasteiger charge is 2.14. The van der Waals surface area contributed by atoms with E-state index in [0.29, 0.717) is 23.2 Å². The molecule has 122 valence electrons. The van der Waals surface area contributed by atoms with Crippen LogP contribution in [0.25, 0.3) is 10.9 Å². The van der Waals surface area contributed by atoms with Crippen molar-refractivity contribution in [3.05, 3.63) is 76.3 Å². The number of aromatic nitrogens is 1. The van der Waals surface area contributed by atoms with Crippen LogP contribution in [0.3, 0.4) is 0 Å². The molecule has 0 bridgehead atoms. The fraction of sp³-hybridized carbons (Fsp3) is 0.111. The van der Waals surface area contributed by atoms with Gasteiger partial charge in [-0.25, -0.2) is 9.18 Å². The first kappa shape index (κ1) is 15.7. The van der Waals surface area contributed by atoms with Crippen molar-refractivity contribution in [1.82, 2.24) is 4.57 Å². The zero-order valence-corrected chi connectivity index (χ0v) is 12.6. The molecule has 1 aromatic heterocycles. The Morgan fingerprint density at radius 2 is 1.83 bits per heavy atom. The van der Waals surface area contributed by atoms with Crippen molar-refractivity contribution in [1.29, 1.82) is 0 Å². The van der Waals surface area contributed by atoms with Gasteiger partial charge in [0.05, 0.1) is 12.1 Å². The first-order valence-corrected chi connectivity index (χ1v) is 7.30. The molecular weight excluding hydrogens is 313 g/mol. The summed E-state index contributed by atoms with van der Waals surface area (Å²) in [5.74, 6) is -1.10. The van der Waals surface area contributed by atoms with E-state index in [0.717, 1.165) is 0 Å². The summed E-state index contributed by atoms with van der Waals surface area (Å²) in [7, 11) is 0. The van der Waals surface area contributed by atoms with Crippen molar-refractivity contribution >= 4 is 16.9 Å². The summed E-state index contributed by atoms with van der Waals surface area (Å²) >= 11 is 0. The Balaban J connectivity index is 1.88. The van der Waals surface area contributed by atoms with Gasteiger partial charge in [-0.15, -0.1) is 0 Å². The lowest BCUT2D eigenvalue weighted by molar-refractivity contribution is 0.0694. The van der Waals surface area contributed by atoms with Crippen molar-refractivity contribution in [2.75, 3.05) is 6.61 Å². The number of carboxylic acid groups (broad SMARTS) is 1. The van der Waals surface area contributed by atoms with Gasteiger partial charge in [0.15, 0.2) is 0 Å². The topological polar surface area (TPSA) is 68.5 Å². The molecule has 1 N–H and O–H groups in total. The molecule has 24 heavy (non-hydrogen) atoms. The number of ether oxygens (including phenoxy) is 1. The molecule has 0 spiro atoms. The smallest absolute Gasteiger partial charge is 0.341 e. The van der Waals surface area contributed by atoms with Crippen LogP contribution < -0.4 is 10.2 Å². The SMILES string of the molecule is O=C(O)c1cn(CCOc2ccc(F)cc2)c2ccccc2c1=O. The fourth-order valence-corrected chi connectivity index (χ4v) is 2.48. The molecule has 0 saturated carbocycles. The van der Waals surface area contributed by atoms with Gasteiger partial charge in [-0.2, -0.15) is 0 Å². The van der Waals surface area contributed by atoms with E-state index < -0.39 is 11.4 Å². The lowest BCUT2D eigenvalue weighted by Gasteiger charge is -2.13. The molecule has 6 heteroatoms. The van der Waals surface area contributed by atoms with E-state index in [1.807, 2.05) is 0 Å². The van der Waals surface area contributed by atoms with Gasteiger partial charge in [-0.1, -0.05) is 12.1 Å². The Morgan fingerprint density at radius 1 is 1.12 bits per heavy atom. The number of para-hydroxylation sites is 1. The number of carboxylic acids is 1. The molecule has 0 aliphatic rings. The van der Waals surface area contributed by atoms with E-state index in [-0.39, 0.29) is 18.0 Å². The van der Waals surface area contributed by atoms with Crippen molar-refractivity contribution in [3.63, 3.8) is 0 Å². The number of pyridine rings is 1. The average molecular weight is 327 g/mol. The summed E-state index contributed by atoms with van der Waals surface area (Å²) in [6.45, 7) is 0.593. The second-order valence-corrected chi connectivity index (χ2v) is 5.19. The monoisotopic (exact) mass is 327 g/mol. The van der Waals surface area contributed by atoms with Gasteiger partial charge in [-0.3, -0.25) is 4.79 Å². The summed E-state index contributed by atoms with van der Waals surface area (Å²) in [5, 5.41) is 9.55. The lowest BCUT2D eigenvalue weighted by atomic mass is 10.1. The van der Waals surface area contributed by atoms with Crippen LogP contribution in [0.15, 0.2) is 59.5 Å². The van der Waals surface area contributed by atoms with Crippen LogP contribution in [0.1, 0.15) is 10.4 Å². The van der Waals surface area contributed by atoms with Crippen LogP contribution in [0.5, 0.6) is 5.75 Å². The Bertz CT molecular complexity index is 947. The van der Waals surface area contributed by atoms with Gasteiger partial charge >= 0.3 is 5.97 Å². The molecule has 0 fully saturated rings. The highest BCUT2D eigenvalue weighted by Crippen LogP contribution is 2.14. The van der Waals surface area contributed by atoms with Gasteiger partial charge in [0.25, 0.3) is 0 Å². The molecule has 3 aromatic rings.